The third kappa shape index (κ3) is 4.76. The van der Waals surface area contributed by atoms with Gasteiger partial charge < -0.3 is 20.0 Å². The molecule has 8 heteroatoms. The highest BCUT2D eigenvalue weighted by molar-refractivity contribution is 5.89. The van der Waals surface area contributed by atoms with Crippen molar-refractivity contribution in [2.75, 3.05) is 13.2 Å². The SMILES string of the molecule is CC(C)OCCCNC(=O)CCC1=NNC2C3CC(c4ccccc4)NN3C=CN12. The highest BCUT2D eigenvalue weighted by Gasteiger charge is 2.43. The zero-order valence-electron chi connectivity index (χ0n) is 17.8. The molecule has 0 spiro atoms. The number of hydrogen-bond donors (Lipinski definition) is 3. The average Bonchev–Trinajstić information content (AvgIpc) is 3.36. The minimum absolute atomic E-state index is 0.0555. The van der Waals surface area contributed by atoms with Gasteiger partial charge in [0, 0.05) is 38.4 Å². The molecule has 3 atom stereocenters. The number of nitrogens with zero attached hydrogens (tertiary/aromatic N) is 3. The molecule has 1 fully saturated rings. The van der Waals surface area contributed by atoms with Crippen molar-refractivity contribution in [3.8, 4) is 0 Å². The van der Waals surface area contributed by atoms with Gasteiger partial charge in [0.2, 0.25) is 5.91 Å². The van der Waals surface area contributed by atoms with Gasteiger partial charge in [-0.2, -0.15) is 5.10 Å². The summed E-state index contributed by atoms with van der Waals surface area (Å²) < 4.78 is 5.49. The van der Waals surface area contributed by atoms with E-state index in [2.05, 4.69) is 61.6 Å². The summed E-state index contributed by atoms with van der Waals surface area (Å²) in [5.74, 6) is 0.970. The minimum Gasteiger partial charge on any atom is -0.379 e. The van der Waals surface area contributed by atoms with E-state index in [-0.39, 0.29) is 30.3 Å². The fourth-order valence-corrected chi connectivity index (χ4v) is 4.15. The van der Waals surface area contributed by atoms with Crippen LogP contribution < -0.4 is 16.2 Å². The number of hydrazine groups is 1. The number of nitrogens with one attached hydrogen (secondary N) is 3. The van der Waals surface area contributed by atoms with Crippen molar-refractivity contribution in [3.05, 3.63) is 48.3 Å². The minimum atomic E-state index is 0.0555. The summed E-state index contributed by atoms with van der Waals surface area (Å²) in [6, 6.07) is 11.1. The van der Waals surface area contributed by atoms with Crippen molar-refractivity contribution in [3.63, 3.8) is 0 Å². The number of benzene rings is 1. The number of amides is 1. The Bertz CT molecular complexity index is 781. The monoisotopic (exact) mass is 412 g/mol. The van der Waals surface area contributed by atoms with Crippen LogP contribution in [0.2, 0.25) is 0 Å². The van der Waals surface area contributed by atoms with E-state index in [1.165, 1.54) is 5.56 Å². The van der Waals surface area contributed by atoms with Gasteiger partial charge in [0.05, 0.1) is 18.2 Å². The Morgan fingerprint density at radius 3 is 2.93 bits per heavy atom. The van der Waals surface area contributed by atoms with E-state index in [1.807, 2.05) is 26.1 Å². The number of hydrogen-bond acceptors (Lipinski definition) is 7. The van der Waals surface area contributed by atoms with Gasteiger partial charge in [-0.15, -0.1) is 0 Å². The second kappa shape index (κ2) is 9.49. The molecular weight excluding hydrogens is 380 g/mol. The number of ether oxygens (including phenoxy) is 1. The van der Waals surface area contributed by atoms with Gasteiger partial charge in [-0.05, 0) is 32.3 Å². The quantitative estimate of drug-likeness (QED) is 0.539. The molecule has 1 amide bonds. The maximum Gasteiger partial charge on any atom is 0.220 e. The molecule has 8 nitrogen and oxygen atoms in total. The fraction of sp³-hybridized carbons (Fsp3) is 0.545. The Morgan fingerprint density at radius 2 is 2.13 bits per heavy atom. The van der Waals surface area contributed by atoms with E-state index in [0.717, 1.165) is 18.7 Å². The van der Waals surface area contributed by atoms with Gasteiger partial charge >= 0.3 is 0 Å². The van der Waals surface area contributed by atoms with Crippen LogP contribution in [0.3, 0.4) is 0 Å². The third-order valence-corrected chi connectivity index (χ3v) is 5.69. The van der Waals surface area contributed by atoms with E-state index in [0.29, 0.717) is 26.0 Å². The second-order valence-corrected chi connectivity index (χ2v) is 8.23. The third-order valence-electron chi connectivity index (χ3n) is 5.69. The van der Waals surface area contributed by atoms with Crippen molar-refractivity contribution in [2.45, 2.75) is 63.9 Å². The van der Waals surface area contributed by atoms with E-state index in [1.54, 1.807) is 0 Å². The summed E-state index contributed by atoms with van der Waals surface area (Å²) in [5.41, 5.74) is 8.15. The summed E-state index contributed by atoms with van der Waals surface area (Å²) in [4.78, 5) is 14.3. The maximum absolute atomic E-state index is 12.2. The summed E-state index contributed by atoms with van der Waals surface area (Å²) in [7, 11) is 0. The predicted molar refractivity (Wildman–Crippen MR) is 116 cm³/mol. The molecular formula is C22H32N6O2. The van der Waals surface area contributed by atoms with Gasteiger partial charge in [0.1, 0.15) is 12.0 Å². The standard InChI is InChI=1S/C22H32N6O2/c1-16(2)30-14-6-11-23-21(29)10-9-20-24-25-22-19-15-18(17-7-4-3-5-8-17)26-28(19)13-12-27(20)22/h3-5,7-8,12-13,16,18-19,22,25-26H,6,9-11,14-15H2,1-2H3,(H,23,29). The zero-order chi connectivity index (χ0) is 20.9. The summed E-state index contributed by atoms with van der Waals surface area (Å²) in [5, 5.41) is 9.67. The number of fused-ring (bicyclic) bond motifs is 3. The lowest BCUT2D eigenvalue weighted by Crippen LogP contribution is -2.54. The number of amidine groups is 1. The molecule has 3 unspecified atom stereocenters. The van der Waals surface area contributed by atoms with Crippen LogP contribution in [0.5, 0.6) is 0 Å². The summed E-state index contributed by atoms with van der Waals surface area (Å²) in [6.45, 7) is 5.34. The van der Waals surface area contributed by atoms with Crippen LogP contribution in [0, 0.1) is 0 Å². The number of hydrazone groups is 1. The van der Waals surface area contributed by atoms with Crippen molar-refractivity contribution in [2.24, 2.45) is 5.10 Å². The molecule has 0 saturated carbocycles. The molecule has 1 aromatic rings. The van der Waals surface area contributed by atoms with Crippen LogP contribution in [0.15, 0.2) is 47.8 Å². The lowest BCUT2D eigenvalue weighted by atomic mass is 10.00. The Hall–Kier alpha value is -2.58. The molecule has 0 aliphatic carbocycles. The molecule has 1 aromatic carbocycles. The first kappa shape index (κ1) is 20.7. The summed E-state index contributed by atoms with van der Waals surface area (Å²) >= 11 is 0. The number of carbonyl (C=O) groups is 1. The Balaban J connectivity index is 1.23. The first-order chi connectivity index (χ1) is 14.6. The molecule has 4 rings (SSSR count). The molecule has 3 N–H and O–H groups in total. The number of rotatable bonds is 9. The van der Waals surface area contributed by atoms with E-state index in [9.17, 15) is 4.79 Å². The molecule has 1 saturated heterocycles. The Labute approximate surface area is 178 Å². The van der Waals surface area contributed by atoms with Gasteiger partial charge in [0.15, 0.2) is 0 Å². The Morgan fingerprint density at radius 1 is 1.30 bits per heavy atom. The highest BCUT2D eigenvalue weighted by atomic mass is 16.5. The zero-order valence-corrected chi connectivity index (χ0v) is 17.8. The molecule has 3 aliphatic rings. The molecule has 3 heterocycles. The van der Waals surface area contributed by atoms with Crippen molar-refractivity contribution in [1.29, 1.82) is 0 Å². The van der Waals surface area contributed by atoms with Gasteiger partial charge in [-0.3, -0.25) is 10.2 Å². The van der Waals surface area contributed by atoms with Gasteiger partial charge in [-0.25, -0.2) is 5.43 Å². The first-order valence-electron chi connectivity index (χ1n) is 10.9. The average molecular weight is 413 g/mol. The molecule has 162 valence electrons. The lowest BCUT2D eigenvalue weighted by molar-refractivity contribution is -0.121. The smallest absolute Gasteiger partial charge is 0.220 e. The van der Waals surface area contributed by atoms with Gasteiger partial charge in [-0.1, -0.05) is 30.3 Å². The van der Waals surface area contributed by atoms with Gasteiger partial charge in [0.25, 0.3) is 0 Å². The fourth-order valence-electron chi connectivity index (χ4n) is 4.15. The molecule has 30 heavy (non-hydrogen) atoms. The van der Waals surface area contributed by atoms with Crippen LogP contribution in [0.4, 0.5) is 0 Å². The van der Waals surface area contributed by atoms with Crippen LogP contribution in [-0.2, 0) is 9.53 Å². The lowest BCUT2D eigenvalue weighted by Gasteiger charge is -2.37. The number of carbonyl (C=O) groups excluding carboxylic acids is 1. The van der Waals surface area contributed by atoms with Crippen LogP contribution >= 0.6 is 0 Å². The van der Waals surface area contributed by atoms with Crippen LogP contribution in [-0.4, -0.2) is 53.1 Å². The summed E-state index contributed by atoms with van der Waals surface area (Å²) in [6.07, 6.45) is 7.30. The normalized spacial score (nSPS) is 24.5. The topological polar surface area (TPSA) is 81.2 Å². The second-order valence-electron chi connectivity index (χ2n) is 8.23. The Kier molecular flexibility index (Phi) is 6.54. The van der Waals surface area contributed by atoms with Crippen LogP contribution in [0.25, 0.3) is 0 Å². The van der Waals surface area contributed by atoms with Crippen molar-refractivity contribution >= 4 is 11.7 Å². The molecule has 0 radical (unpaired) electrons. The van der Waals surface area contributed by atoms with E-state index in [4.69, 9.17) is 4.74 Å². The molecule has 3 aliphatic heterocycles. The van der Waals surface area contributed by atoms with Crippen molar-refractivity contribution in [1.82, 2.24) is 26.1 Å². The molecule has 0 bridgehead atoms. The van der Waals surface area contributed by atoms with E-state index < -0.39 is 0 Å². The largest absolute Gasteiger partial charge is 0.379 e. The van der Waals surface area contributed by atoms with E-state index >= 15 is 0 Å². The molecule has 0 aromatic heterocycles. The van der Waals surface area contributed by atoms with Crippen LogP contribution in [0.1, 0.15) is 51.1 Å². The maximum atomic E-state index is 12.2. The van der Waals surface area contributed by atoms with Crippen molar-refractivity contribution < 1.29 is 9.53 Å². The predicted octanol–water partition coefficient (Wildman–Crippen LogP) is 2.05. The first-order valence-corrected chi connectivity index (χ1v) is 10.9. The highest BCUT2D eigenvalue weighted by Crippen LogP contribution is 2.34.